The first-order valence-corrected chi connectivity index (χ1v) is 8.04. The van der Waals surface area contributed by atoms with Gasteiger partial charge in [0.15, 0.2) is 0 Å². The lowest BCUT2D eigenvalue weighted by Gasteiger charge is -2.06. The van der Waals surface area contributed by atoms with Gasteiger partial charge in [-0.25, -0.2) is 4.98 Å². The minimum Gasteiger partial charge on any atom is -0.486 e. The number of hydrogen-bond donors (Lipinski definition) is 1. The number of nitrogens with zero attached hydrogens (tertiary/aromatic N) is 1. The van der Waals surface area contributed by atoms with Crippen LogP contribution in [0.5, 0.6) is 5.75 Å². The number of ether oxygens (including phenoxy) is 1. The van der Waals surface area contributed by atoms with Crippen molar-refractivity contribution in [1.82, 2.24) is 10.3 Å². The van der Waals surface area contributed by atoms with Gasteiger partial charge in [-0.1, -0.05) is 18.2 Å². The Morgan fingerprint density at radius 3 is 2.96 bits per heavy atom. The molecule has 1 aromatic carbocycles. The Hall–Kier alpha value is -2.60. The van der Waals surface area contributed by atoms with E-state index in [1.165, 1.54) is 11.3 Å². The number of carbonyl (C=O) groups excluding carboxylic acids is 1. The highest BCUT2D eigenvalue weighted by Gasteiger charge is 2.11. The average molecular weight is 328 g/mol. The monoisotopic (exact) mass is 328 g/mol. The molecule has 0 radical (unpaired) electrons. The van der Waals surface area contributed by atoms with Crippen molar-refractivity contribution in [1.29, 1.82) is 0 Å². The Morgan fingerprint density at radius 2 is 2.17 bits per heavy atom. The van der Waals surface area contributed by atoms with Crippen molar-refractivity contribution in [3.8, 4) is 5.75 Å². The van der Waals surface area contributed by atoms with Crippen LogP contribution in [0, 0.1) is 6.92 Å². The highest BCUT2D eigenvalue weighted by molar-refractivity contribution is 7.09. The maximum atomic E-state index is 12.0. The van der Waals surface area contributed by atoms with Gasteiger partial charge in [-0.05, 0) is 30.7 Å². The summed E-state index contributed by atoms with van der Waals surface area (Å²) in [6.07, 6.45) is 1.57. The molecule has 1 N–H and O–H groups in total. The van der Waals surface area contributed by atoms with Gasteiger partial charge in [0.2, 0.25) is 0 Å². The van der Waals surface area contributed by atoms with E-state index in [0.717, 1.165) is 16.3 Å². The predicted molar refractivity (Wildman–Crippen MR) is 87.5 cm³/mol. The van der Waals surface area contributed by atoms with Crippen molar-refractivity contribution in [2.75, 3.05) is 0 Å². The Labute approximate surface area is 137 Å². The molecule has 118 valence electrons. The number of para-hydroxylation sites is 1. The molecule has 0 unspecified atom stereocenters. The van der Waals surface area contributed by atoms with Gasteiger partial charge >= 0.3 is 0 Å². The summed E-state index contributed by atoms with van der Waals surface area (Å²) >= 11 is 1.41. The molecule has 0 aliphatic carbocycles. The van der Waals surface area contributed by atoms with Crippen molar-refractivity contribution in [3.05, 3.63) is 70.1 Å². The van der Waals surface area contributed by atoms with E-state index in [0.29, 0.717) is 24.6 Å². The Kier molecular flexibility index (Phi) is 4.73. The first kappa shape index (κ1) is 15.3. The van der Waals surface area contributed by atoms with E-state index >= 15 is 0 Å². The molecule has 3 rings (SSSR count). The molecule has 0 fully saturated rings. The first-order chi connectivity index (χ1) is 11.2. The molecule has 2 heterocycles. The first-order valence-electron chi connectivity index (χ1n) is 7.16. The van der Waals surface area contributed by atoms with Gasteiger partial charge in [0, 0.05) is 5.38 Å². The number of benzene rings is 1. The summed E-state index contributed by atoms with van der Waals surface area (Å²) in [5, 5.41) is 5.26. The maximum absolute atomic E-state index is 12.0. The van der Waals surface area contributed by atoms with Gasteiger partial charge in [0.1, 0.15) is 28.8 Å². The van der Waals surface area contributed by atoms with Crippen LogP contribution >= 0.6 is 11.3 Å². The van der Waals surface area contributed by atoms with Gasteiger partial charge in [-0.3, -0.25) is 4.79 Å². The van der Waals surface area contributed by atoms with Crippen molar-refractivity contribution >= 4 is 17.2 Å². The molecular weight excluding hydrogens is 312 g/mol. The minimum absolute atomic E-state index is 0.222. The SMILES string of the molecule is Cc1ccccc1OCc1nc(C(=O)NCc2ccco2)cs1. The van der Waals surface area contributed by atoms with Crippen LogP contribution in [-0.2, 0) is 13.2 Å². The van der Waals surface area contributed by atoms with Crippen molar-refractivity contribution in [3.63, 3.8) is 0 Å². The van der Waals surface area contributed by atoms with E-state index < -0.39 is 0 Å². The zero-order valence-electron chi connectivity index (χ0n) is 12.6. The lowest BCUT2D eigenvalue weighted by Crippen LogP contribution is -2.22. The number of nitrogens with one attached hydrogen (secondary N) is 1. The molecule has 6 heteroatoms. The number of thiazole rings is 1. The Morgan fingerprint density at radius 1 is 1.30 bits per heavy atom. The summed E-state index contributed by atoms with van der Waals surface area (Å²) < 4.78 is 10.9. The molecule has 0 bridgehead atoms. The van der Waals surface area contributed by atoms with E-state index in [9.17, 15) is 4.79 Å². The second kappa shape index (κ2) is 7.11. The third-order valence-electron chi connectivity index (χ3n) is 3.23. The second-order valence-electron chi connectivity index (χ2n) is 4.94. The van der Waals surface area contributed by atoms with E-state index in [1.54, 1.807) is 17.7 Å². The van der Waals surface area contributed by atoms with Crippen LogP contribution in [0.2, 0.25) is 0 Å². The predicted octanol–water partition coefficient (Wildman–Crippen LogP) is 3.55. The van der Waals surface area contributed by atoms with E-state index in [1.807, 2.05) is 37.3 Å². The van der Waals surface area contributed by atoms with Crippen LogP contribution in [0.15, 0.2) is 52.5 Å². The fourth-order valence-electron chi connectivity index (χ4n) is 2.01. The summed E-state index contributed by atoms with van der Waals surface area (Å²) in [6, 6.07) is 11.4. The highest BCUT2D eigenvalue weighted by atomic mass is 32.1. The molecule has 1 amide bonds. The zero-order valence-corrected chi connectivity index (χ0v) is 13.4. The summed E-state index contributed by atoms with van der Waals surface area (Å²) in [5.41, 5.74) is 1.46. The average Bonchev–Trinajstić information content (AvgIpc) is 3.23. The molecule has 0 saturated heterocycles. The third-order valence-corrected chi connectivity index (χ3v) is 4.05. The highest BCUT2D eigenvalue weighted by Crippen LogP contribution is 2.19. The van der Waals surface area contributed by atoms with E-state index in [2.05, 4.69) is 10.3 Å². The van der Waals surface area contributed by atoms with Gasteiger partial charge in [0.05, 0.1) is 12.8 Å². The maximum Gasteiger partial charge on any atom is 0.271 e. The molecular formula is C17H16N2O3S. The van der Waals surface area contributed by atoms with Crippen LogP contribution in [-0.4, -0.2) is 10.9 Å². The van der Waals surface area contributed by atoms with Crippen molar-refractivity contribution in [2.45, 2.75) is 20.1 Å². The molecule has 3 aromatic rings. The number of aryl methyl sites for hydroxylation is 1. The number of hydrogen-bond acceptors (Lipinski definition) is 5. The van der Waals surface area contributed by atoms with Gasteiger partial charge < -0.3 is 14.5 Å². The van der Waals surface area contributed by atoms with Gasteiger partial charge in [-0.2, -0.15) is 0 Å². The largest absolute Gasteiger partial charge is 0.486 e. The van der Waals surface area contributed by atoms with E-state index in [4.69, 9.17) is 9.15 Å². The van der Waals surface area contributed by atoms with Crippen LogP contribution < -0.4 is 10.1 Å². The number of aromatic nitrogens is 1. The van der Waals surface area contributed by atoms with Gasteiger partial charge in [-0.15, -0.1) is 11.3 Å². The molecule has 0 aliphatic rings. The summed E-state index contributed by atoms with van der Waals surface area (Å²) in [5.74, 6) is 1.31. The molecule has 0 atom stereocenters. The number of furan rings is 1. The lowest BCUT2D eigenvalue weighted by molar-refractivity contribution is 0.0943. The summed E-state index contributed by atoms with van der Waals surface area (Å²) in [7, 11) is 0. The Balaban J connectivity index is 1.55. The molecule has 0 spiro atoms. The molecule has 2 aromatic heterocycles. The number of amides is 1. The topological polar surface area (TPSA) is 64.4 Å². The fourth-order valence-corrected chi connectivity index (χ4v) is 2.70. The van der Waals surface area contributed by atoms with Crippen LogP contribution in [0.3, 0.4) is 0 Å². The van der Waals surface area contributed by atoms with E-state index in [-0.39, 0.29) is 5.91 Å². The van der Waals surface area contributed by atoms with Crippen LogP contribution in [0.1, 0.15) is 26.8 Å². The molecule has 0 aliphatic heterocycles. The molecule has 0 saturated carbocycles. The van der Waals surface area contributed by atoms with Gasteiger partial charge in [0.25, 0.3) is 5.91 Å². The smallest absolute Gasteiger partial charge is 0.271 e. The second-order valence-corrected chi connectivity index (χ2v) is 5.89. The number of carbonyl (C=O) groups is 1. The fraction of sp³-hybridized carbons (Fsp3) is 0.176. The Bertz CT molecular complexity index is 781. The standard InChI is InChI=1S/C17H16N2O3S/c1-12-5-2-3-7-15(12)22-10-16-19-14(11-23-16)17(20)18-9-13-6-4-8-21-13/h2-8,11H,9-10H2,1H3,(H,18,20). The molecule has 5 nitrogen and oxygen atoms in total. The number of rotatable bonds is 6. The molecule has 23 heavy (non-hydrogen) atoms. The lowest BCUT2D eigenvalue weighted by atomic mass is 10.2. The normalized spacial score (nSPS) is 10.5. The van der Waals surface area contributed by atoms with Crippen LogP contribution in [0.4, 0.5) is 0 Å². The van der Waals surface area contributed by atoms with Crippen molar-refractivity contribution in [2.24, 2.45) is 0 Å². The quantitative estimate of drug-likeness (QED) is 0.751. The third kappa shape index (κ3) is 3.98. The van der Waals surface area contributed by atoms with Crippen LogP contribution in [0.25, 0.3) is 0 Å². The van der Waals surface area contributed by atoms with Crippen molar-refractivity contribution < 1.29 is 13.9 Å². The summed E-state index contributed by atoms with van der Waals surface area (Å²) in [6.45, 7) is 2.68. The minimum atomic E-state index is -0.222. The summed E-state index contributed by atoms with van der Waals surface area (Å²) in [4.78, 5) is 16.3. The zero-order chi connectivity index (χ0) is 16.1.